The van der Waals surface area contributed by atoms with Crippen molar-refractivity contribution in [3.63, 3.8) is 0 Å². The van der Waals surface area contributed by atoms with Crippen molar-refractivity contribution in [1.82, 2.24) is 10.2 Å². The van der Waals surface area contributed by atoms with Crippen molar-refractivity contribution in [2.45, 2.75) is 56.8 Å². The lowest BCUT2D eigenvalue weighted by molar-refractivity contribution is -0.130. The molecule has 0 spiro atoms. The molecule has 0 aromatic heterocycles. The van der Waals surface area contributed by atoms with Gasteiger partial charge in [0, 0.05) is 18.5 Å². The first-order valence-corrected chi connectivity index (χ1v) is 5.43. The second kappa shape index (κ2) is 2.71. The van der Waals surface area contributed by atoms with Crippen LogP contribution in [0.15, 0.2) is 0 Å². The van der Waals surface area contributed by atoms with E-state index < -0.39 is 0 Å². The molecule has 0 aromatic rings. The monoisotopic (exact) mass is 180 g/mol. The first kappa shape index (κ1) is 7.80. The van der Waals surface area contributed by atoms with Crippen LogP contribution in [-0.2, 0) is 4.79 Å². The van der Waals surface area contributed by atoms with Crippen molar-refractivity contribution in [2.75, 3.05) is 0 Å². The third-order valence-electron chi connectivity index (χ3n) is 3.75. The molecule has 13 heavy (non-hydrogen) atoms. The van der Waals surface area contributed by atoms with Gasteiger partial charge in [0.2, 0.25) is 5.91 Å². The van der Waals surface area contributed by atoms with Crippen LogP contribution < -0.4 is 5.32 Å². The Morgan fingerprint density at radius 3 is 3.00 bits per heavy atom. The molecular weight excluding hydrogens is 164 g/mol. The molecule has 3 atom stereocenters. The average Bonchev–Trinajstić information content (AvgIpc) is 2.66. The summed E-state index contributed by atoms with van der Waals surface area (Å²) in [6, 6.07) is 1.15. The number of nitrogens with zero attached hydrogens (tertiary/aromatic N) is 1. The highest BCUT2D eigenvalue weighted by atomic mass is 16.2. The highest BCUT2D eigenvalue weighted by Gasteiger charge is 2.46. The topological polar surface area (TPSA) is 32.3 Å². The Hall–Kier alpha value is -0.570. The first-order chi connectivity index (χ1) is 6.36. The lowest BCUT2D eigenvalue weighted by Crippen LogP contribution is -2.40. The van der Waals surface area contributed by atoms with Gasteiger partial charge in [-0.2, -0.15) is 0 Å². The second-order valence-corrected chi connectivity index (χ2v) is 4.48. The van der Waals surface area contributed by atoms with Crippen molar-refractivity contribution in [1.29, 1.82) is 0 Å². The van der Waals surface area contributed by atoms with Crippen LogP contribution in [0.1, 0.15) is 38.5 Å². The molecule has 72 valence electrons. The lowest BCUT2D eigenvalue weighted by atomic mass is 9.91. The van der Waals surface area contributed by atoms with Gasteiger partial charge in [-0.3, -0.25) is 10.1 Å². The summed E-state index contributed by atoms with van der Waals surface area (Å²) in [7, 11) is 0. The standard InChI is InChI=1S/C10H16N2O/c13-10-6-5-9-11-7-3-1-2-4-8(7)12(9)10/h7-9,11H,1-6H2. The Labute approximate surface area is 78.5 Å². The lowest BCUT2D eigenvalue weighted by Gasteiger charge is -2.29. The summed E-state index contributed by atoms with van der Waals surface area (Å²) in [5, 5.41) is 3.59. The molecule has 3 fully saturated rings. The Morgan fingerprint density at radius 1 is 1.23 bits per heavy atom. The van der Waals surface area contributed by atoms with Gasteiger partial charge in [-0.15, -0.1) is 0 Å². The fourth-order valence-electron chi connectivity index (χ4n) is 3.17. The molecular formula is C10H16N2O. The van der Waals surface area contributed by atoms with Gasteiger partial charge in [0.05, 0.1) is 6.17 Å². The minimum Gasteiger partial charge on any atom is -0.323 e. The van der Waals surface area contributed by atoms with Gasteiger partial charge in [0.1, 0.15) is 0 Å². The fourth-order valence-corrected chi connectivity index (χ4v) is 3.17. The van der Waals surface area contributed by atoms with Crippen LogP contribution in [0.4, 0.5) is 0 Å². The highest BCUT2D eigenvalue weighted by molar-refractivity contribution is 5.79. The van der Waals surface area contributed by atoms with Crippen LogP contribution in [0.3, 0.4) is 0 Å². The summed E-state index contributed by atoms with van der Waals surface area (Å²) < 4.78 is 0. The summed E-state index contributed by atoms with van der Waals surface area (Å²) >= 11 is 0. The molecule has 0 bridgehead atoms. The smallest absolute Gasteiger partial charge is 0.224 e. The Bertz CT molecular complexity index is 241. The Balaban J connectivity index is 1.85. The number of hydrogen-bond acceptors (Lipinski definition) is 2. The van der Waals surface area contributed by atoms with Gasteiger partial charge in [0.15, 0.2) is 0 Å². The molecule has 2 saturated heterocycles. The van der Waals surface area contributed by atoms with Crippen molar-refractivity contribution in [3.8, 4) is 0 Å². The molecule has 0 radical (unpaired) electrons. The molecule has 2 heterocycles. The van der Waals surface area contributed by atoms with Gasteiger partial charge in [-0.1, -0.05) is 12.8 Å². The zero-order valence-electron chi connectivity index (χ0n) is 7.83. The van der Waals surface area contributed by atoms with Crippen LogP contribution in [-0.4, -0.2) is 29.1 Å². The third-order valence-corrected chi connectivity index (χ3v) is 3.75. The SMILES string of the molecule is O=C1CCC2NC3CCCCC3N12. The van der Waals surface area contributed by atoms with Crippen LogP contribution in [0.5, 0.6) is 0 Å². The molecule has 3 heteroatoms. The molecule has 1 aliphatic carbocycles. The quantitative estimate of drug-likeness (QED) is 0.599. The number of rotatable bonds is 0. The van der Waals surface area contributed by atoms with E-state index in [0.29, 0.717) is 24.2 Å². The normalized spacial score (nSPS) is 43.5. The van der Waals surface area contributed by atoms with Gasteiger partial charge in [0.25, 0.3) is 0 Å². The molecule has 1 saturated carbocycles. The van der Waals surface area contributed by atoms with E-state index in [2.05, 4.69) is 10.2 Å². The van der Waals surface area contributed by atoms with E-state index in [9.17, 15) is 4.79 Å². The van der Waals surface area contributed by atoms with Gasteiger partial charge in [-0.25, -0.2) is 0 Å². The first-order valence-electron chi connectivity index (χ1n) is 5.43. The van der Waals surface area contributed by atoms with Crippen molar-refractivity contribution in [2.24, 2.45) is 0 Å². The van der Waals surface area contributed by atoms with Crippen LogP contribution in [0.25, 0.3) is 0 Å². The predicted molar refractivity (Wildman–Crippen MR) is 49.0 cm³/mol. The van der Waals surface area contributed by atoms with Crippen molar-refractivity contribution < 1.29 is 4.79 Å². The number of carbonyl (C=O) groups excluding carboxylic acids is 1. The fraction of sp³-hybridized carbons (Fsp3) is 0.900. The van der Waals surface area contributed by atoms with E-state index in [1.807, 2.05) is 0 Å². The Kier molecular flexibility index (Phi) is 1.62. The summed E-state index contributed by atoms with van der Waals surface area (Å²) in [6.45, 7) is 0. The largest absolute Gasteiger partial charge is 0.323 e. The van der Waals surface area contributed by atoms with E-state index >= 15 is 0 Å². The van der Waals surface area contributed by atoms with Crippen LogP contribution >= 0.6 is 0 Å². The molecule has 1 N–H and O–H groups in total. The molecule has 3 rings (SSSR count). The number of nitrogens with one attached hydrogen (secondary N) is 1. The van der Waals surface area contributed by atoms with Crippen molar-refractivity contribution >= 4 is 5.91 Å². The van der Waals surface area contributed by atoms with Crippen LogP contribution in [0.2, 0.25) is 0 Å². The summed E-state index contributed by atoms with van der Waals surface area (Å²) in [4.78, 5) is 13.7. The van der Waals surface area contributed by atoms with E-state index in [1.165, 1.54) is 25.7 Å². The number of hydrogen-bond donors (Lipinski definition) is 1. The van der Waals surface area contributed by atoms with Crippen molar-refractivity contribution in [3.05, 3.63) is 0 Å². The zero-order valence-corrected chi connectivity index (χ0v) is 7.83. The third kappa shape index (κ3) is 1.03. The summed E-state index contributed by atoms with van der Waals surface area (Å²) in [6.07, 6.45) is 7.32. The maximum Gasteiger partial charge on any atom is 0.224 e. The number of fused-ring (bicyclic) bond motifs is 3. The molecule has 1 amide bonds. The van der Waals surface area contributed by atoms with Gasteiger partial charge >= 0.3 is 0 Å². The molecule has 2 aliphatic heterocycles. The van der Waals surface area contributed by atoms with E-state index in [4.69, 9.17) is 0 Å². The van der Waals surface area contributed by atoms with E-state index in [0.717, 1.165) is 12.8 Å². The molecule has 3 aliphatic rings. The summed E-state index contributed by atoms with van der Waals surface area (Å²) in [5.41, 5.74) is 0. The minimum atomic E-state index is 0.381. The van der Waals surface area contributed by atoms with Crippen LogP contribution in [0, 0.1) is 0 Å². The summed E-state index contributed by atoms with van der Waals surface area (Å²) in [5.74, 6) is 0.381. The predicted octanol–water partition coefficient (Wildman–Crippen LogP) is 0.849. The molecule has 3 unspecified atom stereocenters. The van der Waals surface area contributed by atoms with Gasteiger partial charge < -0.3 is 4.90 Å². The number of amides is 1. The minimum absolute atomic E-state index is 0.381. The molecule has 3 nitrogen and oxygen atoms in total. The van der Waals surface area contributed by atoms with E-state index in [-0.39, 0.29) is 0 Å². The molecule has 0 aromatic carbocycles. The van der Waals surface area contributed by atoms with Gasteiger partial charge in [-0.05, 0) is 19.3 Å². The van der Waals surface area contributed by atoms with E-state index in [1.54, 1.807) is 0 Å². The average molecular weight is 180 g/mol. The maximum atomic E-state index is 11.6. The maximum absolute atomic E-state index is 11.6. The second-order valence-electron chi connectivity index (χ2n) is 4.48. The number of carbonyl (C=O) groups is 1. The Morgan fingerprint density at radius 2 is 2.08 bits per heavy atom. The zero-order chi connectivity index (χ0) is 8.84. The highest BCUT2D eigenvalue weighted by Crippen LogP contribution is 2.34.